The van der Waals surface area contributed by atoms with E-state index in [2.05, 4.69) is 15.5 Å². The zero-order chi connectivity index (χ0) is 25.3. The van der Waals surface area contributed by atoms with E-state index in [-0.39, 0.29) is 18.5 Å². The van der Waals surface area contributed by atoms with Gasteiger partial charge >= 0.3 is 12.2 Å². The van der Waals surface area contributed by atoms with Gasteiger partial charge in [0.15, 0.2) is 0 Å². The average molecular weight is 490 g/mol. The Morgan fingerprint density at radius 2 is 1.58 bits per heavy atom. The van der Waals surface area contributed by atoms with E-state index in [0.29, 0.717) is 22.7 Å². The molecule has 0 fully saturated rings. The molecule has 1 aliphatic heterocycles. The van der Waals surface area contributed by atoms with Crippen molar-refractivity contribution in [2.24, 2.45) is 0 Å². The lowest BCUT2D eigenvalue weighted by atomic mass is 9.94. The molecule has 2 heterocycles. The van der Waals surface area contributed by atoms with E-state index in [1.165, 1.54) is 17.0 Å². The molecule has 2 amide bonds. The first-order valence-electron chi connectivity index (χ1n) is 11.2. The zero-order valence-corrected chi connectivity index (χ0v) is 19.2. The number of amides is 2. The number of rotatable bonds is 5. The maximum atomic E-state index is 13.2. The van der Waals surface area contributed by atoms with E-state index < -0.39 is 17.8 Å². The maximum absolute atomic E-state index is 13.2. The van der Waals surface area contributed by atoms with Gasteiger partial charge in [-0.25, -0.2) is 4.79 Å². The molecule has 1 N–H and O–H groups in total. The van der Waals surface area contributed by atoms with Gasteiger partial charge < -0.3 is 9.84 Å². The van der Waals surface area contributed by atoms with Crippen LogP contribution < -0.4 is 5.32 Å². The number of nitrogens with zero attached hydrogens (tertiary/aromatic N) is 3. The van der Waals surface area contributed by atoms with Crippen LogP contribution in [0.15, 0.2) is 95.1 Å². The van der Waals surface area contributed by atoms with Gasteiger partial charge in [0.25, 0.3) is 5.89 Å². The molecule has 36 heavy (non-hydrogen) atoms. The van der Waals surface area contributed by atoms with Crippen LogP contribution in [0.3, 0.4) is 0 Å². The van der Waals surface area contributed by atoms with Gasteiger partial charge in [0.1, 0.15) is 0 Å². The second-order valence-electron chi connectivity index (χ2n) is 8.36. The third-order valence-electron chi connectivity index (χ3n) is 6.04. The van der Waals surface area contributed by atoms with Crippen LogP contribution in [-0.4, -0.2) is 21.1 Å². The minimum absolute atomic E-state index is 0.0699. The number of carbonyl (C=O) groups excluding carboxylic acids is 1. The van der Waals surface area contributed by atoms with Crippen molar-refractivity contribution in [3.63, 3.8) is 0 Å². The van der Waals surface area contributed by atoms with Crippen molar-refractivity contribution >= 4 is 11.6 Å². The van der Waals surface area contributed by atoms with Crippen molar-refractivity contribution in [3.05, 3.63) is 113 Å². The van der Waals surface area contributed by atoms with Crippen molar-refractivity contribution in [2.45, 2.75) is 25.7 Å². The first kappa shape index (κ1) is 23.3. The first-order valence-corrected chi connectivity index (χ1v) is 11.2. The largest absolute Gasteiger partial charge is 0.416 e. The molecular formula is C27H21F3N4O2. The van der Waals surface area contributed by atoms with Crippen molar-refractivity contribution < 1.29 is 22.5 Å². The number of halogens is 3. The fourth-order valence-corrected chi connectivity index (χ4v) is 4.16. The summed E-state index contributed by atoms with van der Waals surface area (Å²) in [5, 5.41) is 7.11. The van der Waals surface area contributed by atoms with Crippen molar-refractivity contribution in [2.75, 3.05) is 0 Å². The summed E-state index contributed by atoms with van der Waals surface area (Å²) in [5.74, 6) is 0.654. The molecule has 0 saturated carbocycles. The summed E-state index contributed by atoms with van der Waals surface area (Å²) in [6, 6.07) is 22.6. The molecule has 0 aliphatic carbocycles. The summed E-state index contributed by atoms with van der Waals surface area (Å²) in [7, 11) is 0. The van der Waals surface area contributed by atoms with E-state index in [1.54, 1.807) is 6.92 Å². The van der Waals surface area contributed by atoms with E-state index in [9.17, 15) is 18.0 Å². The molecular weight excluding hydrogens is 469 g/mol. The summed E-state index contributed by atoms with van der Waals surface area (Å²) >= 11 is 0. The molecule has 0 saturated heterocycles. The normalized spacial score (nSPS) is 16.3. The molecule has 1 aliphatic rings. The smallest absolute Gasteiger partial charge is 0.334 e. The molecule has 6 nitrogen and oxygen atoms in total. The molecule has 3 aromatic carbocycles. The Labute approximate surface area is 205 Å². The molecule has 1 unspecified atom stereocenters. The SMILES string of the molecule is CC1=C(c2nc(-c3ccccc3)no2)C(c2ccccc2)NC(=O)N1Cc1ccc(C(F)(F)F)cc1. The van der Waals surface area contributed by atoms with Gasteiger partial charge in [0.2, 0.25) is 5.82 Å². The summed E-state index contributed by atoms with van der Waals surface area (Å²) < 4.78 is 44.5. The number of hydrogen-bond acceptors (Lipinski definition) is 4. The van der Waals surface area contributed by atoms with Gasteiger partial charge in [0, 0.05) is 11.3 Å². The quantitative estimate of drug-likeness (QED) is 0.349. The lowest BCUT2D eigenvalue weighted by Gasteiger charge is -2.35. The van der Waals surface area contributed by atoms with Gasteiger partial charge in [-0.05, 0) is 30.2 Å². The Bertz CT molecular complexity index is 1400. The number of aromatic nitrogens is 2. The Morgan fingerprint density at radius 3 is 2.22 bits per heavy atom. The molecule has 182 valence electrons. The number of hydrogen-bond donors (Lipinski definition) is 1. The third kappa shape index (κ3) is 4.59. The van der Waals surface area contributed by atoms with Crippen molar-refractivity contribution in [3.8, 4) is 11.4 Å². The van der Waals surface area contributed by atoms with Crippen molar-refractivity contribution in [1.82, 2.24) is 20.4 Å². The standard InChI is InChI=1S/C27H21F3N4O2/c1-17-22(25-32-24(33-36-25)20-10-6-3-7-11-20)23(19-8-4-2-5-9-19)31-26(35)34(17)16-18-12-14-21(15-13-18)27(28,29)30/h2-15,23H,16H2,1H3,(H,31,35). The molecule has 4 aromatic rings. The predicted octanol–water partition coefficient (Wildman–Crippen LogP) is 6.45. The molecule has 9 heteroatoms. The minimum Gasteiger partial charge on any atom is -0.334 e. The van der Waals surface area contributed by atoms with E-state index in [4.69, 9.17) is 4.52 Å². The highest BCUT2D eigenvalue weighted by Crippen LogP contribution is 2.38. The highest BCUT2D eigenvalue weighted by atomic mass is 19.4. The van der Waals surface area contributed by atoms with Crippen LogP contribution in [0.1, 0.15) is 35.5 Å². The third-order valence-corrected chi connectivity index (χ3v) is 6.04. The van der Waals surface area contributed by atoms with Gasteiger partial charge in [-0.15, -0.1) is 0 Å². The van der Waals surface area contributed by atoms with Crippen LogP contribution in [0.2, 0.25) is 0 Å². The zero-order valence-electron chi connectivity index (χ0n) is 19.2. The second-order valence-corrected chi connectivity index (χ2v) is 8.36. The number of carbonyl (C=O) groups is 1. The monoisotopic (exact) mass is 490 g/mol. The summed E-state index contributed by atoms with van der Waals surface area (Å²) in [6.07, 6.45) is -4.43. The van der Waals surface area contributed by atoms with Crippen LogP contribution >= 0.6 is 0 Å². The van der Waals surface area contributed by atoms with E-state index in [1.807, 2.05) is 60.7 Å². The molecule has 0 spiro atoms. The van der Waals surface area contributed by atoms with Crippen LogP contribution in [0.25, 0.3) is 17.0 Å². The number of urea groups is 1. The average Bonchev–Trinajstić information content (AvgIpc) is 3.37. The summed E-state index contributed by atoms with van der Waals surface area (Å²) in [6.45, 7) is 1.83. The van der Waals surface area contributed by atoms with Gasteiger partial charge in [-0.1, -0.05) is 78.0 Å². The highest BCUT2D eigenvalue weighted by Gasteiger charge is 2.36. The lowest BCUT2D eigenvalue weighted by molar-refractivity contribution is -0.137. The molecule has 5 rings (SSSR count). The minimum atomic E-state index is -4.43. The summed E-state index contributed by atoms with van der Waals surface area (Å²) in [5.41, 5.74) is 2.59. The van der Waals surface area contributed by atoms with Crippen LogP contribution in [-0.2, 0) is 12.7 Å². The van der Waals surface area contributed by atoms with Crippen molar-refractivity contribution in [1.29, 1.82) is 0 Å². The molecule has 0 radical (unpaired) electrons. The van der Waals surface area contributed by atoms with Gasteiger partial charge in [-0.3, -0.25) is 4.90 Å². The lowest BCUT2D eigenvalue weighted by Crippen LogP contribution is -2.45. The van der Waals surface area contributed by atoms with Gasteiger partial charge in [0.05, 0.1) is 23.7 Å². The second kappa shape index (κ2) is 9.33. The fourth-order valence-electron chi connectivity index (χ4n) is 4.16. The maximum Gasteiger partial charge on any atom is 0.416 e. The predicted molar refractivity (Wildman–Crippen MR) is 127 cm³/mol. The summed E-state index contributed by atoms with van der Waals surface area (Å²) in [4.78, 5) is 19.2. The molecule has 1 atom stereocenters. The fraction of sp³-hybridized carbons (Fsp3) is 0.148. The first-order chi connectivity index (χ1) is 17.3. The van der Waals surface area contributed by atoms with Crippen LogP contribution in [0, 0.1) is 0 Å². The Balaban J connectivity index is 1.54. The van der Waals surface area contributed by atoms with Gasteiger partial charge in [-0.2, -0.15) is 18.2 Å². The van der Waals surface area contributed by atoms with Crippen LogP contribution in [0.4, 0.5) is 18.0 Å². The number of benzene rings is 3. The number of nitrogens with one attached hydrogen (secondary N) is 1. The Hall–Kier alpha value is -4.40. The number of allylic oxidation sites excluding steroid dienone is 1. The number of alkyl halides is 3. The topological polar surface area (TPSA) is 71.3 Å². The van der Waals surface area contributed by atoms with E-state index >= 15 is 0 Å². The molecule has 0 bridgehead atoms. The Kier molecular flexibility index (Phi) is 6.05. The van der Waals surface area contributed by atoms with E-state index in [0.717, 1.165) is 23.3 Å². The highest BCUT2D eigenvalue weighted by molar-refractivity contribution is 5.86. The Morgan fingerprint density at radius 1 is 0.944 bits per heavy atom. The van der Waals surface area contributed by atoms with Crippen LogP contribution in [0.5, 0.6) is 0 Å². The molecule has 1 aromatic heterocycles.